The number of benzene rings is 2. The predicted octanol–water partition coefficient (Wildman–Crippen LogP) is 3.80. The number of piperidine rings is 1. The Bertz CT molecular complexity index is 857. The number of nitrogens with one attached hydrogen (secondary N) is 1. The first-order valence-corrected chi connectivity index (χ1v) is 9.83. The van der Waals surface area contributed by atoms with Crippen molar-refractivity contribution >= 4 is 11.8 Å². The molecule has 1 N–H and O–H groups in total. The zero-order valence-electron chi connectivity index (χ0n) is 16.5. The smallest absolute Gasteiger partial charge is 0.226 e. The van der Waals surface area contributed by atoms with Crippen LogP contribution in [0.4, 0.5) is 4.39 Å². The molecule has 5 heteroatoms. The molecule has 4 nitrogen and oxygen atoms in total. The van der Waals surface area contributed by atoms with Gasteiger partial charge in [0.15, 0.2) is 0 Å². The average molecular weight is 382 g/mol. The SMILES string of the molecule is CCC(=O)N1CCC(Cc2ccccc2-c2cccc(F)c2)(C(=O)NC)CC1. The Kier molecular flexibility index (Phi) is 6.12. The van der Waals surface area contributed by atoms with Crippen LogP contribution >= 0.6 is 0 Å². The van der Waals surface area contributed by atoms with Gasteiger partial charge in [-0.3, -0.25) is 9.59 Å². The lowest BCUT2D eigenvalue weighted by molar-refractivity contribution is -0.140. The van der Waals surface area contributed by atoms with Gasteiger partial charge in [0.05, 0.1) is 5.41 Å². The summed E-state index contributed by atoms with van der Waals surface area (Å²) in [7, 11) is 1.66. The minimum absolute atomic E-state index is 0.00476. The molecule has 0 bridgehead atoms. The number of amides is 2. The van der Waals surface area contributed by atoms with Crippen molar-refractivity contribution in [3.63, 3.8) is 0 Å². The van der Waals surface area contributed by atoms with Crippen LogP contribution < -0.4 is 5.32 Å². The Morgan fingerprint density at radius 2 is 1.82 bits per heavy atom. The largest absolute Gasteiger partial charge is 0.359 e. The van der Waals surface area contributed by atoms with Crippen LogP contribution in [-0.4, -0.2) is 36.9 Å². The summed E-state index contributed by atoms with van der Waals surface area (Å²) in [5, 5.41) is 2.82. The van der Waals surface area contributed by atoms with Gasteiger partial charge in [-0.25, -0.2) is 4.39 Å². The van der Waals surface area contributed by atoms with Gasteiger partial charge in [0, 0.05) is 26.6 Å². The molecule has 0 unspecified atom stereocenters. The quantitative estimate of drug-likeness (QED) is 0.855. The maximum Gasteiger partial charge on any atom is 0.226 e. The topological polar surface area (TPSA) is 49.4 Å². The fourth-order valence-corrected chi connectivity index (χ4v) is 4.13. The lowest BCUT2D eigenvalue weighted by Gasteiger charge is -2.41. The van der Waals surface area contributed by atoms with Crippen molar-refractivity contribution in [3.8, 4) is 11.1 Å². The van der Waals surface area contributed by atoms with Crippen molar-refractivity contribution in [2.75, 3.05) is 20.1 Å². The molecule has 2 aromatic rings. The zero-order valence-corrected chi connectivity index (χ0v) is 16.5. The molecule has 1 heterocycles. The van der Waals surface area contributed by atoms with E-state index in [4.69, 9.17) is 0 Å². The number of likely N-dealkylation sites (tertiary alicyclic amines) is 1. The molecular formula is C23H27FN2O2. The summed E-state index contributed by atoms with van der Waals surface area (Å²) >= 11 is 0. The van der Waals surface area contributed by atoms with Crippen molar-refractivity contribution in [1.82, 2.24) is 10.2 Å². The Labute approximate surface area is 165 Å². The standard InChI is InChI=1S/C23H27FN2O2/c1-3-21(27)26-13-11-23(12-14-26,22(28)25-2)16-18-7-4-5-10-20(18)17-8-6-9-19(24)15-17/h4-10,15H,3,11-14,16H2,1-2H3,(H,25,28). The number of rotatable bonds is 5. The predicted molar refractivity (Wildman–Crippen MR) is 108 cm³/mol. The van der Waals surface area contributed by atoms with Gasteiger partial charge < -0.3 is 10.2 Å². The zero-order chi connectivity index (χ0) is 20.1. The number of halogens is 1. The Morgan fingerprint density at radius 1 is 1.11 bits per heavy atom. The molecule has 1 saturated heterocycles. The second-order valence-electron chi connectivity index (χ2n) is 7.44. The third-order valence-electron chi connectivity index (χ3n) is 5.77. The van der Waals surface area contributed by atoms with E-state index < -0.39 is 5.41 Å². The van der Waals surface area contributed by atoms with E-state index in [1.54, 1.807) is 13.1 Å². The van der Waals surface area contributed by atoms with E-state index in [1.165, 1.54) is 12.1 Å². The van der Waals surface area contributed by atoms with Crippen LogP contribution in [0.5, 0.6) is 0 Å². The molecule has 1 aliphatic heterocycles. The van der Waals surface area contributed by atoms with E-state index in [-0.39, 0.29) is 17.6 Å². The number of nitrogens with zero attached hydrogens (tertiary/aromatic N) is 1. The summed E-state index contributed by atoms with van der Waals surface area (Å²) in [5.74, 6) is -0.143. The monoisotopic (exact) mass is 382 g/mol. The highest BCUT2D eigenvalue weighted by molar-refractivity contribution is 5.84. The first-order chi connectivity index (χ1) is 13.5. The van der Waals surface area contributed by atoms with E-state index in [9.17, 15) is 14.0 Å². The van der Waals surface area contributed by atoms with Crippen LogP contribution in [0, 0.1) is 11.2 Å². The van der Waals surface area contributed by atoms with Crippen molar-refractivity contribution < 1.29 is 14.0 Å². The van der Waals surface area contributed by atoms with Gasteiger partial charge in [-0.05, 0) is 48.1 Å². The highest BCUT2D eigenvalue weighted by atomic mass is 19.1. The molecule has 0 saturated carbocycles. The Morgan fingerprint density at radius 3 is 2.46 bits per heavy atom. The van der Waals surface area contributed by atoms with Gasteiger partial charge in [-0.1, -0.05) is 43.3 Å². The van der Waals surface area contributed by atoms with Gasteiger partial charge >= 0.3 is 0 Å². The van der Waals surface area contributed by atoms with Gasteiger partial charge in [0.25, 0.3) is 0 Å². The molecule has 0 aromatic heterocycles. The fourth-order valence-electron chi connectivity index (χ4n) is 4.13. The first-order valence-electron chi connectivity index (χ1n) is 9.83. The number of hydrogen-bond donors (Lipinski definition) is 1. The molecule has 0 aliphatic carbocycles. The van der Waals surface area contributed by atoms with Gasteiger partial charge in [0.2, 0.25) is 11.8 Å². The molecule has 28 heavy (non-hydrogen) atoms. The average Bonchev–Trinajstić information content (AvgIpc) is 2.73. The molecule has 148 valence electrons. The van der Waals surface area contributed by atoms with Crippen molar-refractivity contribution in [3.05, 3.63) is 59.9 Å². The second kappa shape index (κ2) is 8.55. The third kappa shape index (κ3) is 4.08. The van der Waals surface area contributed by atoms with Crippen LogP contribution in [0.15, 0.2) is 48.5 Å². The van der Waals surface area contributed by atoms with E-state index in [2.05, 4.69) is 5.32 Å². The molecule has 0 radical (unpaired) electrons. The van der Waals surface area contributed by atoms with Crippen LogP contribution in [0.25, 0.3) is 11.1 Å². The fraction of sp³-hybridized carbons (Fsp3) is 0.391. The van der Waals surface area contributed by atoms with Crippen LogP contribution in [-0.2, 0) is 16.0 Å². The molecule has 0 spiro atoms. The lowest BCUT2D eigenvalue weighted by Crippen LogP contribution is -2.50. The van der Waals surface area contributed by atoms with E-state index in [0.29, 0.717) is 38.8 Å². The maximum atomic E-state index is 13.8. The van der Waals surface area contributed by atoms with Gasteiger partial charge in [-0.2, -0.15) is 0 Å². The molecule has 1 fully saturated rings. The maximum absolute atomic E-state index is 13.8. The number of carbonyl (C=O) groups is 2. The minimum Gasteiger partial charge on any atom is -0.359 e. The number of carbonyl (C=O) groups excluding carboxylic acids is 2. The highest BCUT2D eigenvalue weighted by Crippen LogP contribution is 2.38. The van der Waals surface area contributed by atoms with Crippen LogP contribution in [0.2, 0.25) is 0 Å². The molecular weight excluding hydrogens is 355 g/mol. The van der Waals surface area contributed by atoms with Gasteiger partial charge in [-0.15, -0.1) is 0 Å². The van der Waals surface area contributed by atoms with Crippen LogP contribution in [0.3, 0.4) is 0 Å². The number of hydrogen-bond acceptors (Lipinski definition) is 2. The normalized spacial score (nSPS) is 15.9. The minimum atomic E-state index is -0.567. The van der Waals surface area contributed by atoms with Crippen LogP contribution in [0.1, 0.15) is 31.7 Å². The van der Waals surface area contributed by atoms with Crippen molar-refractivity contribution in [1.29, 1.82) is 0 Å². The summed E-state index contributed by atoms with van der Waals surface area (Å²) in [6.07, 6.45) is 2.29. The summed E-state index contributed by atoms with van der Waals surface area (Å²) < 4.78 is 13.8. The summed E-state index contributed by atoms with van der Waals surface area (Å²) in [5.41, 5.74) is 2.20. The van der Waals surface area contributed by atoms with E-state index >= 15 is 0 Å². The van der Waals surface area contributed by atoms with E-state index in [0.717, 1.165) is 16.7 Å². The lowest BCUT2D eigenvalue weighted by atomic mass is 9.72. The summed E-state index contributed by atoms with van der Waals surface area (Å²) in [4.78, 5) is 26.7. The molecule has 0 atom stereocenters. The molecule has 2 aromatic carbocycles. The third-order valence-corrected chi connectivity index (χ3v) is 5.77. The summed E-state index contributed by atoms with van der Waals surface area (Å²) in [6.45, 7) is 3.03. The summed E-state index contributed by atoms with van der Waals surface area (Å²) in [6, 6.07) is 14.4. The molecule has 1 aliphatic rings. The Balaban J connectivity index is 1.91. The van der Waals surface area contributed by atoms with Crippen molar-refractivity contribution in [2.45, 2.75) is 32.6 Å². The molecule has 2 amide bonds. The Hall–Kier alpha value is -2.69. The highest BCUT2D eigenvalue weighted by Gasteiger charge is 2.42. The van der Waals surface area contributed by atoms with E-state index in [1.807, 2.05) is 42.2 Å². The van der Waals surface area contributed by atoms with Crippen molar-refractivity contribution in [2.24, 2.45) is 5.41 Å². The first kappa shape index (κ1) is 20.1. The second-order valence-corrected chi connectivity index (χ2v) is 7.44. The van der Waals surface area contributed by atoms with Gasteiger partial charge in [0.1, 0.15) is 5.82 Å². The molecule has 3 rings (SSSR count).